The summed E-state index contributed by atoms with van der Waals surface area (Å²) in [6, 6.07) is 14.3. The molecule has 0 aromatic heterocycles. The molecule has 98 valence electrons. The molecule has 0 fully saturated rings. The predicted molar refractivity (Wildman–Crippen MR) is 82.9 cm³/mol. The van der Waals surface area contributed by atoms with Gasteiger partial charge in [0.25, 0.3) is 0 Å². The molecule has 0 heterocycles. The van der Waals surface area contributed by atoms with Gasteiger partial charge in [0.2, 0.25) is 0 Å². The largest absolute Gasteiger partial charge is 0.303 e. The van der Waals surface area contributed by atoms with Crippen molar-refractivity contribution in [3.8, 4) is 11.1 Å². The zero-order valence-corrected chi connectivity index (χ0v) is 12.1. The van der Waals surface area contributed by atoms with Gasteiger partial charge >= 0.3 is 0 Å². The van der Waals surface area contributed by atoms with Crippen LogP contribution in [0.15, 0.2) is 47.6 Å². The summed E-state index contributed by atoms with van der Waals surface area (Å²) in [5.74, 6) is 0. The van der Waals surface area contributed by atoms with Crippen LogP contribution in [0.3, 0.4) is 0 Å². The van der Waals surface area contributed by atoms with Crippen LogP contribution < -0.4 is 0 Å². The van der Waals surface area contributed by atoms with Crippen molar-refractivity contribution in [2.24, 2.45) is 5.10 Å². The molecule has 0 radical (unpaired) electrons. The Kier molecular flexibility index (Phi) is 4.23. The molecule has 0 aliphatic carbocycles. The van der Waals surface area contributed by atoms with Crippen molar-refractivity contribution < 1.29 is 0 Å². The van der Waals surface area contributed by atoms with Crippen molar-refractivity contribution in [3.05, 3.63) is 58.6 Å². The Bertz CT molecular complexity index is 586. The van der Waals surface area contributed by atoms with E-state index >= 15 is 0 Å². The third kappa shape index (κ3) is 3.58. The van der Waals surface area contributed by atoms with Gasteiger partial charge in [-0.3, -0.25) is 0 Å². The second-order valence-electron chi connectivity index (χ2n) is 4.69. The molecule has 3 heteroatoms. The van der Waals surface area contributed by atoms with E-state index in [-0.39, 0.29) is 0 Å². The molecule has 0 aliphatic heterocycles. The fourth-order valence-corrected chi connectivity index (χ4v) is 1.97. The highest BCUT2D eigenvalue weighted by Crippen LogP contribution is 2.26. The monoisotopic (exact) mass is 272 g/mol. The number of hydrazone groups is 1. The SMILES string of the molecule is Cc1ccc(-c2cc(Cl)ccc2/C=N/N(C)C)cc1. The number of nitrogens with zero attached hydrogens (tertiary/aromatic N) is 2. The molecule has 2 nitrogen and oxygen atoms in total. The summed E-state index contributed by atoms with van der Waals surface area (Å²) >= 11 is 6.11. The predicted octanol–water partition coefficient (Wildman–Crippen LogP) is 4.21. The van der Waals surface area contributed by atoms with E-state index in [2.05, 4.69) is 36.3 Å². The quantitative estimate of drug-likeness (QED) is 0.604. The average Bonchev–Trinajstić information content (AvgIpc) is 2.38. The lowest BCUT2D eigenvalue weighted by Gasteiger charge is -2.09. The van der Waals surface area contributed by atoms with Gasteiger partial charge in [-0.1, -0.05) is 47.5 Å². The van der Waals surface area contributed by atoms with Gasteiger partial charge in [0, 0.05) is 24.7 Å². The van der Waals surface area contributed by atoms with Crippen LogP contribution in [0.1, 0.15) is 11.1 Å². The fraction of sp³-hybridized carbons (Fsp3) is 0.188. The molecular weight excluding hydrogens is 256 g/mol. The number of benzene rings is 2. The van der Waals surface area contributed by atoms with Gasteiger partial charge in [0.05, 0.1) is 6.21 Å². The topological polar surface area (TPSA) is 15.6 Å². The molecular formula is C16H17ClN2. The van der Waals surface area contributed by atoms with Crippen LogP contribution in [0, 0.1) is 6.92 Å². The molecule has 0 saturated carbocycles. The van der Waals surface area contributed by atoms with Gasteiger partial charge in [0.1, 0.15) is 0 Å². The average molecular weight is 273 g/mol. The molecule has 2 aromatic rings. The van der Waals surface area contributed by atoms with Gasteiger partial charge < -0.3 is 5.01 Å². The van der Waals surface area contributed by atoms with Crippen LogP contribution in [0.2, 0.25) is 5.02 Å². The molecule has 0 N–H and O–H groups in total. The minimum atomic E-state index is 0.734. The first-order valence-corrected chi connectivity index (χ1v) is 6.52. The Balaban J connectivity index is 2.48. The Morgan fingerprint density at radius 1 is 1.05 bits per heavy atom. The molecule has 2 rings (SSSR count). The summed E-state index contributed by atoms with van der Waals surface area (Å²) in [5.41, 5.74) is 4.54. The van der Waals surface area contributed by atoms with E-state index in [9.17, 15) is 0 Å². The van der Waals surface area contributed by atoms with Gasteiger partial charge in [-0.25, -0.2) is 0 Å². The molecule has 0 bridgehead atoms. The van der Waals surface area contributed by atoms with E-state index in [1.807, 2.05) is 38.5 Å². The van der Waals surface area contributed by atoms with Crippen molar-refractivity contribution in [2.75, 3.05) is 14.1 Å². The lowest BCUT2D eigenvalue weighted by atomic mass is 9.99. The highest BCUT2D eigenvalue weighted by atomic mass is 35.5. The van der Waals surface area contributed by atoms with Crippen molar-refractivity contribution in [2.45, 2.75) is 6.92 Å². The Morgan fingerprint density at radius 3 is 2.37 bits per heavy atom. The number of hydrogen-bond donors (Lipinski definition) is 0. The minimum Gasteiger partial charge on any atom is -0.303 e. The second kappa shape index (κ2) is 5.89. The normalized spacial score (nSPS) is 10.9. The molecule has 0 amide bonds. The summed E-state index contributed by atoms with van der Waals surface area (Å²) in [4.78, 5) is 0. The highest BCUT2D eigenvalue weighted by molar-refractivity contribution is 6.31. The van der Waals surface area contributed by atoms with Gasteiger partial charge in [-0.2, -0.15) is 5.10 Å². The Morgan fingerprint density at radius 2 is 1.74 bits per heavy atom. The first-order valence-electron chi connectivity index (χ1n) is 6.14. The summed E-state index contributed by atoms with van der Waals surface area (Å²) in [6.07, 6.45) is 1.85. The lowest BCUT2D eigenvalue weighted by Crippen LogP contribution is -2.02. The van der Waals surface area contributed by atoms with Gasteiger partial charge in [0.15, 0.2) is 0 Å². The lowest BCUT2D eigenvalue weighted by molar-refractivity contribution is 0.440. The third-order valence-electron chi connectivity index (χ3n) is 2.81. The first kappa shape index (κ1) is 13.6. The van der Waals surface area contributed by atoms with E-state index in [0.717, 1.165) is 21.7 Å². The van der Waals surface area contributed by atoms with Crippen LogP contribution in [0.5, 0.6) is 0 Å². The smallest absolute Gasteiger partial charge is 0.0548 e. The van der Waals surface area contributed by atoms with E-state index in [4.69, 9.17) is 11.6 Å². The van der Waals surface area contributed by atoms with Crippen LogP contribution in [-0.2, 0) is 0 Å². The van der Waals surface area contributed by atoms with Crippen molar-refractivity contribution in [1.29, 1.82) is 0 Å². The highest BCUT2D eigenvalue weighted by Gasteiger charge is 2.04. The maximum Gasteiger partial charge on any atom is 0.0548 e. The summed E-state index contributed by atoms with van der Waals surface area (Å²) in [7, 11) is 3.80. The fourth-order valence-electron chi connectivity index (χ4n) is 1.80. The first-order chi connectivity index (χ1) is 9.06. The van der Waals surface area contributed by atoms with Gasteiger partial charge in [-0.05, 0) is 30.2 Å². The Labute approximate surface area is 119 Å². The van der Waals surface area contributed by atoms with Crippen LogP contribution in [0.25, 0.3) is 11.1 Å². The minimum absolute atomic E-state index is 0.734. The molecule has 0 unspecified atom stereocenters. The standard InChI is InChI=1S/C16H17ClN2/c1-12-4-6-13(7-5-12)16-10-15(17)9-8-14(16)11-18-19(2)3/h4-11H,1-3H3/b18-11+. The summed E-state index contributed by atoms with van der Waals surface area (Å²) in [5, 5.41) is 6.80. The molecule has 0 spiro atoms. The van der Waals surface area contributed by atoms with E-state index in [1.54, 1.807) is 5.01 Å². The van der Waals surface area contributed by atoms with E-state index in [0.29, 0.717) is 0 Å². The molecule has 0 saturated heterocycles. The summed E-state index contributed by atoms with van der Waals surface area (Å²) in [6.45, 7) is 2.08. The Hall–Kier alpha value is -1.80. The van der Waals surface area contributed by atoms with Crippen molar-refractivity contribution in [3.63, 3.8) is 0 Å². The molecule has 2 aromatic carbocycles. The van der Waals surface area contributed by atoms with Crippen molar-refractivity contribution in [1.82, 2.24) is 5.01 Å². The molecule has 19 heavy (non-hydrogen) atoms. The van der Waals surface area contributed by atoms with Crippen LogP contribution in [-0.4, -0.2) is 25.3 Å². The number of aryl methyl sites for hydroxylation is 1. The van der Waals surface area contributed by atoms with Crippen molar-refractivity contribution >= 4 is 17.8 Å². The van der Waals surface area contributed by atoms with E-state index < -0.39 is 0 Å². The zero-order chi connectivity index (χ0) is 13.8. The van der Waals surface area contributed by atoms with Crippen LogP contribution in [0.4, 0.5) is 0 Å². The maximum atomic E-state index is 6.11. The number of rotatable bonds is 3. The summed E-state index contributed by atoms with van der Waals surface area (Å²) < 4.78 is 0. The second-order valence-corrected chi connectivity index (χ2v) is 5.13. The zero-order valence-electron chi connectivity index (χ0n) is 11.4. The number of halogens is 1. The van der Waals surface area contributed by atoms with Crippen LogP contribution >= 0.6 is 11.6 Å². The van der Waals surface area contributed by atoms with E-state index in [1.165, 1.54) is 5.56 Å². The molecule has 0 aliphatic rings. The third-order valence-corrected chi connectivity index (χ3v) is 3.04. The maximum absolute atomic E-state index is 6.11. The number of hydrogen-bond acceptors (Lipinski definition) is 2. The molecule has 0 atom stereocenters. The van der Waals surface area contributed by atoms with Gasteiger partial charge in [-0.15, -0.1) is 0 Å².